The first-order valence-electron chi connectivity index (χ1n) is 4.94. The van der Waals surface area contributed by atoms with E-state index in [0.717, 1.165) is 6.07 Å². The van der Waals surface area contributed by atoms with Crippen LogP contribution in [0.5, 0.6) is 0 Å². The second-order valence-electron chi connectivity index (χ2n) is 3.32. The van der Waals surface area contributed by atoms with Crippen molar-refractivity contribution in [1.29, 1.82) is 0 Å². The summed E-state index contributed by atoms with van der Waals surface area (Å²) >= 11 is 3.03. The Kier molecular flexibility index (Phi) is 5.08. The quantitative estimate of drug-likeness (QED) is 0.677. The van der Waals surface area contributed by atoms with E-state index >= 15 is 0 Å². The van der Waals surface area contributed by atoms with Crippen LogP contribution < -0.4 is 5.73 Å². The molecule has 0 radical (unpaired) electrons. The van der Waals surface area contributed by atoms with E-state index in [2.05, 4.69) is 20.7 Å². The summed E-state index contributed by atoms with van der Waals surface area (Å²) in [5, 5.41) is 0. The SMILES string of the molecule is COC(=O)CCOC(=O)c1cc(N)c(F)cc1Br. The Morgan fingerprint density at radius 1 is 1.44 bits per heavy atom. The number of carbonyl (C=O) groups is 2. The molecule has 0 saturated carbocycles. The maximum atomic E-state index is 13.1. The van der Waals surface area contributed by atoms with Crippen molar-refractivity contribution in [3.05, 3.63) is 28.0 Å². The van der Waals surface area contributed by atoms with Crippen LogP contribution in [0.3, 0.4) is 0 Å². The van der Waals surface area contributed by atoms with Crippen molar-refractivity contribution in [2.75, 3.05) is 19.5 Å². The van der Waals surface area contributed by atoms with Crippen LogP contribution in [0.15, 0.2) is 16.6 Å². The van der Waals surface area contributed by atoms with Gasteiger partial charge in [-0.25, -0.2) is 9.18 Å². The molecule has 2 N–H and O–H groups in total. The topological polar surface area (TPSA) is 78.6 Å². The number of anilines is 1. The third kappa shape index (κ3) is 3.69. The van der Waals surface area contributed by atoms with Gasteiger partial charge in [0.05, 0.1) is 24.8 Å². The Labute approximate surface area is 111 Å². The fourth-order valence-electron chi connectivity index (χ4n) is 1.13. The highest BCUT2D eigenvalue weighted by Gasteiger charge is 2.15. The zero-order chi connectivity index (χ0) is 13.7. The Morgan fingerprint density at radius 3 is 2.72 bits per heavy atom. The minimum absolute atomic E-state index is 0.0451. The number of nitrogens with two attached hydrogens (primary N) is 1. The van der Waals surface area contributed by atoms with Crippen LogP contribution in [-0.2, 0) is 14.3 Å². The summed E-state index contributed by atoms with van der Waals surface area (Å²) in [6, 6.07) is 2.24. The molecule has 18 heavy (non-hydrogen) atoms. The van der Waals surface area contributed by atoms with Crippen molar-refractivity contribution in [2.45, 2.75) is 6.42 Å². The molecule has 0 bridgehead atoms. The van der Waals surface area contributed by atoms with Crippen molar-refractivity contribution < 1.29 is 23.5 Å². The summed E-state index contributed by atoms with van der Waals surface area (Å²) in [4.78, 5) is 22.4. The summed E-state index contributed by atoms with van der Waals surface area (Å²) in [5.74, 6) is -1.81. The van der Waals surface area contributed by atoms with Crippen molar-refractivity contribution in [1.82, 2.24) is 0 Å². The molecular weight excluding hydrogens is 309 g/mol. The van der Waals surface area contributed by atoms with E-state index in [-0.39, 0.29) is 28.8 Å². The smallest absolute Gasteiger partial charge is 0.339 e. The minimum atomic E-state index is -0.697. The highest BCUT2D eigenvalue weighted by Crippen LogP contribution is 2.23. The highest BCUT2D eigenvalue weighted by molar-refractivity contribution is 9.10. The van der Waals surface area contributed by atoms with Gasteiger partial charge in [-0.15, -0.1) is 0 Å². The number of rotatable bonds is 4. The zero-order valence-corrected chi connectivity index (χ0v) is 11.1. The van der Waals surface area contributed by atoms with Crippen LogP contribution in [0.25, 0.3) is 0 Å². The van der Waals surface area contributed by atoms with Crippen LogP contribution >= 0.6 is 15.9 Å². The van der Waals surface area contributed by atoms with Crippen LogP contribution in [0.4, 0.5) is 10.1 Å². The standard InChI is InChI=1S/C11H11BrFNO4/c1-17-10(15)2-3-18-11(16)6-4-9(14)8(13)5-7(6)12/h4-5H,2-3,14H2,1H3. The van der Waals surface area contributed by atoms with Crippen molar-refractivity contribution >= 4 is 33.6 Å². The number of esters is 2. The van der Waals surface area contributed by atoms with Crippen molar-refractivity contribution in [3.8, 4) is 0 Å². The van der Waals surface area contributed by atoms with Gasteiger partial charge in [0.1, 0.15) is 12.4 Å². The van der Waals surface area contributed by atoms with Gasteiger partial charge >= 0.3 is 11.9 Å². The molecule has 0 amide bonds. The largest absolute Gasteiger partial charge is 0.469 e. The second-order valence-corrected chi connectivity index (χ2v) is 4.17. The predicted molar refractivity (Wildman–Crippen MR) is 65.4 cm³/mol. The first-order valence-corrected chi connectivity index (χ1v) is 5.73. The van der Waals surface area contributed by atoms with Crippen LogP contribution in [0.1, 0.15) is 16.8 Å². The average Bonchev–Trinajstić information content (AvgIpc) is 2.33. The molecule has 5 nitrogen and oxygen atoms in total. The maximum absolute atomic E-state index is 13.1. The van der Waals surface area contributed by atoms with Crippen molar-refractivity contribution in [3.63, 3.8) is 0 Å². The number of nitrogen functional groups attached to an aromatic ring is 1. The summed E-state index contributed by atoms with van der Waals surface area (Å²) in [6.07, 6.45) is -0.0451. The van der Waals surface area contributed by atoms with Gasteiger partial charge < -0.3 is 15.2 Å². The summed E-state index contributed by atoms with van der Waals surface area (Å²) in [7, 11) is 1.24. The van der Waals surface area contributed by atoms with Gasteiger partial charge in [0.25, 0.3) is 0 Å². The molecule has 0 unspecified atom stereocenters. The lowest BCUT2D eigenvalue weighted by Gasteiger charge is -2.07. The zero-order valence-electron chi connectivity index (χ0n) is 9.54. The van der Waals surface area contributed by atoms with Gasteiger partial charge in [-0.05, 0) is 28.1 Å². The Hall–Kier alpha value is -1.63. The molecule has 0 atom stereocenters. The van der Waals surface area contributed by atoms with Crippen molar-refractivity contribution in [2.24, 2.45) is 0 Å². The fraction of sp³-hybridized carbons (Fsp3) is 0.273. The number of ether oxygens (including phenoxy) is 2. The molecule has 0 aromatic heterocycles. The number of hydrogen-bond donors (Lipinski definition) is 1. The number of methoxy groups -OCH3 is 1. The lowest BCUT2D eigenvalue weighted by Crippen LogP contribution is -2.12. The summed E-state index contributed by atoms with van der Waals surface area (Å²) in [5.41, 5.74) is 5.29. The number of carbonyl (C=O) groups excluding carboxylic acids is 2. The fourth-order valence-corrected chi connectivity index (χ4v) is 1.61. The third-order valence-electron chi connectivity index (χ3n) is 2.07. The predicted octanol–water partition coefficient (Wildman–Crippen LogP) is 1.89. The monoisotopic (exact) mass is 319 g/mol. The maximum Gasteiger partial charge on any atom is 0.339 e. The lowest BCUT2D eigenvalue weighted by atomic mass is 10.2. The molecule has 0 aliphatic rings. The van der Waals surface area contributed by atoms with Crippen LogP contribution in [-0.4, -0.2) is 25.7 Å². The number of halogens is 2. The first kappa shape index (κ1) is 14.4. The molecule has 98 valence electrons. The van der Waals surface area contributed by atoms with Gasteiger partial charge in [0.15, 0.2) is 0 Å². The van der Waals surface area contributed by atoms with E-state index in [9.17, 15) is 14.0 Å². The minimum Gasteiger partial charge on any atom is -0.469 e. The van der Waals surface area contributed by atoms with Crippen LogP contribution in [0, 0.1) is 5.82 Å². The van der Waals surface area contributed by atoms with Gasteiger partial charge in [-0.3, -0.25) is 4.79 Å². The molecule has 0 aliphatic heterocycles. The molecule has 0 heterocycles. The molecule has 1 rings (SSSR count). The molecule has 0 spiro atoms. The van der Waals surface area contributed by atoms with E-state index in [1.165, 1.54) is 13.2 Å². The van der Waals surface area contributed by atoms with Crippen LogP contribution in [0.2, 0.25) is 0 Å². The third-order valence-corrected chi connectivity index (χ3v) is 2.73. The summed E-state index contributed by atoms with van der Waals surface area (Å²) in [6.45, 7) is -0.116. The molecular formula is C11H11BrFNO4. The Balaban J connectivity index is 2.67. The molecule has 1 aromatic carbocycles. The molecule has 0 aliphatic carbocycles. The normalized spacial score (nSPS) is 9.94. The van der Waals surface area contributed by atoms with E-state index in [4.69, 9.17) is 10.5 Å². The molecule has 0 saturated heterocycles. The van der Waals surface area contributed by atoms with E-state index < -0.39 is 17.8 Å². The van der Waals surface area contributed by atoms with Gasteiger partial charge in [-0.1, -0.05) is 0 Å². The number of hydrogen-bond acceptors (Lipinski definition) is 5. The molecule has 1 aromatic rings. The highest BCUT2D eigenvalue weighted by atomic mass is 79.9. The van der Waals surface area contributed by atoms with Gasteiger partial charge in [-0.2, -0.15) is 0 Å². The number of benzene rings is 1. The molecule has 0 fully saturated rings. The second kappa shape index (κ2) is 6.34. The Bertz CT molecular complexity index is 478. The summed E-state index contributed by atoms with van der Waals surface area (Å²) < 4.78 is 22.5. The Morgan fingerprint density at radius 2 is 2.11 bits per heavy atom. The van der Waals surface area contributed by atoms with Gasteiger partial charge in [0.2, 0.25) is 0 Å². The lowest BCUT2D eigenvalue weighted by molar-refractivity contribution is -0.141. The first-order chi connectivity index (χ1) is 8.45. The van der Waals surface area contributed by atoms with E-state index in [1.807, 2.05) is 0 Å². The van der Waals surface area contributed by atoms with E-state index in [0.29, 0.717) is 0 Å². The van der Waals surface area contributed by atoms with Gasteiger partial charge in [0, 0.05) is 4.47 Å². The molecule has 7 heteroatoms. The average molecular weight is 320 g/mol. The van der Waals surface area contributed by atoms with E-state index in [1.54, 1.807) is 0 Å².